The van der Waals surface area contributed by atoms with E-state index in [0.717, 1.165) is 65.5 Å². The number of benzene rings is 2. The van der Waals surface area contributed by atoms with Crippen LogP contribution in [-0.2, 0) is 117 Å². The van der Waals surface area contributed by atoms with Crippen molar-refractivity contribution in [1.82, 2.24) is 58.6 Å². The topological polar surface area (TPSA) is 500 Å². The van der Waals surface area contributed by atoms with E-state index in [4.69, 9.17) is 62.5 Å². The number of amides is 7. The summed E-state index contributed by atoms with van der Waals surface area (Å²) in [7, 11) is -2.35. The number of allylic oxidation sites excluding steroid dienone is 5. The Labute approximate surface area is 788 Å². The maximum Gasteiger partial charge on any atom is 0.266 e. The van der Waals surface area contributed by atoms with Crippen molar-refractivity contribution in [3.63, 3.8) is 0 Å². The fourth-order valence-corrected chi connectivity index (χ4v) is 19.9. The number of hydrogen-bond donors (Lipinski definition) is 13. The summed E-state index contributed by atoms with van der Waals surface area (Å²) in [5.74, 6) is -2.69. The molecule has 135 heavy (non-hydrogen) atoms. The minimum absolute atomic E-state index is 0.0284. The molecule has 752 valence electrons. The standard InChI is InChI=1S/C94H141F2N13O25S/c1-8-18-84-133-78-56-67-68-55-70(95)69-54-64(110)28-31-91(69,5)93(68,96)76(112)57-92(67,6)94(78,134-84)77(113)58-102-89(119)62(4)53-74(111)85(61(2)3)104-90(120)71(22-16-17-32-99-82(117)60-132-75-25-11-9-10-24-73-88(75)106-107-109(73)35-39-127-43-47-131-51-49-128-44-40-124-36-29-80(115)101-34-52-135(121,122)123)103-81(116)30-37-125-41-45-129-48-50-130-46-42-126-38-33-100-79(114)26-27-83(118)108-59-63-19-12-13-20-65(63)86(98-7)87(105-97)66-21-14-15-23-72(66)108/h12-15,19-21,23,28,31,54,61-62,67-68,70-71,75-76,78,84-85,98,105-107,112H,8-11,16-18,22,24-27,29-30,32-53,55-60,97H2,1-7H3,(H,99,117)(H,100,114)(H,101,115)(H,102,119)(H,103,116)(H,104,120)(H,121,122,123)/b87-86-/t62-,67+,68+,70+,71-,75?,76+,78-,84?,85+,91+,92+,93+,94-/m1/s1. The number of unbranched alkanes of at least 4 members (excludes halogenated alkanes) is 1. The summed E-state index contributed by atoms with van der Waals surface area (Å²) in [6.45, 7) is 14.1. The van der Waals surface area contributed by atoms with Gasteiger partial charge in [0.1, 0.15) is 24.9 Å². The summed E-state index contributed by atoms with van der Waals surface area (Å²) in [6.07, 6.45) is 2.91. The van der Waals surface area contributed by atoms with Gasteiger partial charge in [-0.1, -0.05) is 102 Å². The van der Waals surface area contributed by atoms with Gasteiger partial charge in [-0.15, -0.1) is 5.53 Å². The van der Waals surface area contributed by atoms with Gasteiger partial charge in [0.25, 0.3) is 10.1 Å². The fraction of sp³-hybridized carbons (Fsp3) is 0.681. The van der Waals surface area contributed by atoms with Crippen molar-refractivity contribution >= 4 is 85.9 Å². The molecule has 3 aliphatic heterocycles. The number of ketones is 3. The number of hydrazine groups is 3. The molecule has 3 heterocycles. The first-order chi connectivity index (χ1) is 64.8. The van der Waals surface area contributed by atoms with E-state index in [0.29, 0.717) is 83.1 Å². The Morgan fingerprint density at radius 3 is 1.98 bits per heavy atom. The number of halogens is 2. The van der Waals surface area contributed by atoms with Crippen LogP contribution in [0, 0.1) is 34.5 Å². The van der Waals surface area contributed by atoms with Crippen LogP contribution in [0.1, 0.15) is 174 Å². The highest BCUT2D eigenvalue weighted by Gasteiger charge is 2.80. The average molecular weight is 1920 g/mol. The van der Waals surface area contributed by atoms with E-state index < -0.39 is 152 Å². The molecule has 7 amide bonds. The Morgan fingerprint density at radius 2 is 1.32 bits per heavy atom. The number of rotatable bonds is 59. The number of aliphatic hydroxyl groups is 1. The predicted octanol–water partition coefficient (Wildman–Crippen LogP) is 4.14. The van der Waals surface area contributed by atoms with Gasteiger partial charge in [-0.2, -0.15) is 8.42 Å². The number of nitrogens with two attached hydrogens (primary N) is 1. The van der Waals surface area contributed by atoms with Crippen molar-refractivity contribution in [3.05, 3.63) is 100 Å². The molecule has 2 aromatic carbocycles. The lowest BCUT2D eigenvalue weighted by atomic mass is 9.44. The maximum absolute atomic E-state index is 18.2. The van der Waals surface area contributed by atoms with Crippen LogP contribution in [-0.4, -0.2) is 294 Å². The number of nitrogens with one attached hydrogen (secondary N) is 10. The number of Topliss-reactive ketones (excluding diaryl/α,β-unsaturated/α-hetero) is 2. The van der Waals surface area contributed by atoms with Crippen molar-refractivity contribution in [1.29, 1.82) is 0 Å². The van der Waals surface area contributed by atoms with Crippen LogP contribution in [0.2, 0.25) is 0 Å². The van der Waals surface area contributed by atoms with E-state index in [9.17, 15) is 56.7 Å². The van der Waals surface area contributed by atoms with Crippen LogP contribution >= 0.6 is 0 Å². The molecule has 38 nitrogen and oxygen atoms in total. The number of carbonyl (C=O) groups is 10. The van der Waals surface area contributed by atoms with E-state index in [1.54, 1.807) is 25.7 Å². The van der Waals surface area contributed by atoms with Gasteiger partial charge in [0.15, 0.2) is 34.9 Å². The highest BCUT2D eigenvalue weighted by atomic mass is 32.2. The molecule has 10 rings (SSSR count). The zero-order valence-electron chi connectivity index (χ0n) is 78.8. The molecule has 0 bridgehead atoms. The van der Waals surface area contributed by atoms with Crippen molar-refractivity contribution in [2.45, 2.75) is 218 Å². The first-order valence-electron chi connectivity index (χ1n) is 47.4. The second-order valence-corrected chi connectivity index (χ2v) is 37.6. The number of para-hydroxylation sites is 1. The van der Waals surface area contributed by atoms with E-state index >= 15 is 13.6 Å². The summed E-state index contributed by atoms with van der Waals surface area (Å²) in [5, 5.41) is 33.8. The lowest BCUT2D eigenvalue weighted by Gasteiger charge is -2.63. The van der Waals surface area contributed by atoms with E-state index in [1.807, 2.05) is 67.5 Å². The number of anilines is 1. The zero-order chi connectivity index (χ0) is 97.3. The molecule has 8 aliphatic rings. The van der Waals surface area contributed by atoms with Crippen LogP contribution in [0.4, 0.5) is 14.5 Å². The van der Waals surface area contributed by atoms with Crippen LogP contribution in [0.15, 0.2) is 83.7 Å². The first kappa shape index (κ1) is 108. The molecule has 2 unspecified atom stereocenters. The molecular weight excluding hydrogens is 1780 g/mol. The predicted molar refractivity (Wildman–Crippen MR) is 491 cm³/mol. The molecule has 0 aromatic heterocycles. The number of ether oxygens (including phenoxy) is 11. The molecule has 14 atom stereocenters. The lowest BCUT2D eigenvalue weighted by molar-refractivity contribution is -0.234. The summed E-state index contributed by atoms with van der Waals surface area (Å²) in [4.78, 5) is 138. The first-order valence-corrected chi connectivity index (χ1v) is 49.0. The molecule has 3 saturated carbocycles. The average Bonchev–Trinajstić information content (AvgIpc) is 1.53. The van der Waals surface area contributed by atoms with Crippen molar-refractivity contribution in [2.24, 2.45) is 40.3 Å². The summed E-state index contributed by atoms with van der Waals surface area (Å²) in [5.41, 5.74) is 8.48. The second-order valence-electron chi connectivity index (χ2n) is 36.0. The lowest BCUT2D eigenvalue weighted by Crippen LogP contribution is -2.71. The van der Waals surface area contributed by atoms with Gasteiger partial charge in [-0.3, -0.25) is 63.3 Å². The monoisotopic (exact) mass is 1920 g/mol. The number of carbonyl (C=O) groups excluding carboxylic acids is 10. The normalized spacial score (nSPS) is 25.2. The minimum Gasteiger partial charge on any atom is -0.390 e. The molecule has 1 saturated heterocycles. The SMILES string of the molecule is CCCC1O[C@@H]2C[C@H]3[C@@H]4C[C@H](F)C5=CC(=O)C=C[C@]5(C)[C@@]4(F)[C@@H](O)C[C@]3(C)[C@]2(C(=O)CNC(=O)[C@H](C)CC(=O)[C@@H](NC(=O)[C@@H](CCCCNC(=O)COC2CCCCCC3=C2NNN3CCOCCOCCOCCOCCC(=O)NCCS(=O)(=O)O)NC(=O)CCOCCOCCOCCOCCNC(=O)CCC(=O)N2Cc3ccccc3/C(NC)=C(/NN)c3ccccc32)C(C)C)O1. The summed E-state index contributed by atoms with van der Waals surface area (Å²) < 4.78 is 129. The summed E-state index contributed by atoms with van der Waals surface area (Å²) >= 11 is 0. The van der Waals surface area contributed by atoms with E-state index in [1.165, 1.54) is 26.0 Å². The van der Waals surface area contributed by atoms with Crippen molar-refractivity contribution in [2.75, 3.05) is 163 Å². The van der Waals surface area contributed by atoms with Gasteiger partial charge in [0.2, 0.25) is 41.4 Å². The smallest absolute Gasteiger partial charge is 0.266 e. The number of hydrogen-bond acceptors (Lipinski definition) is 30. The zero-order valence-corrected chi connectivity index (χ0v) is 79.6. The molecule has 4 fully saturated rings. The molecule has 2 aromatic rings. The molecule has 14 N–H and O–H groups in total. The number of alkyl halides is 2. The number of fused-ring (bicyclic) bond motifs is 9. The van der Waals surface area contributed by atoms with Gasteiger partial charge >= 0.3 is 0 Å². The van der Waals surface area contributed by atoms with Gasteiger partial charge in [-0.25, -0.2) is 8.78 Å². The van der Waals surface area contributed by atoms with Gasteiger partial charge in [-0.05, 0) is 112 Å². The highest BCUT2D eigenvalue weighted by Crippen LogP contribution is 2.72. The van der Waals surface area contributed by atoms with Crippen LogP contribution in [0.5, 0.6) is 0 Å². The number of nitrogens with zero attached hydrogens (tertiary/aromatic N) is 2. The van der Waals surface area contributed by atoms with Gasteiger partial charge < -0.3 is 110 Å². The maximum atomic E-state index is 18.2. The molecule has 0 radical (unpaired) electrons. The van der Waals surface area contributed by atoms with Crippen LogP contribution in [0.3, 0.4) is 0 Å². The van der Waals surface area contributed by atoms with Gasteiger partial charge in [0, 0.05) is 92.6 Å². The largest absolute Gasteiger partial charge is 0.390 e. The number of aliphatic hydroxyl groups excluding tert-OH is 1. The van der Waals surface area contributed by atoms with Crippen molar-refractivity contribution < 1.29 is 127 Å². The Hall–Kier alpha value is -8.89. The fourth-order valence-electron chi connectivity index (χ4n) is 19.6. The molecule has 41 heteroatoms. The third kappa shape index (κ3) is 28.9. The Morgan fingerprint density at radius 1 is 0.696 bits per heavy atom. The second kappa shape index (κ2) is 52.8. The molecule has 5 aliphatic carbocycles. The van der Waals surface area contributed by atoms with E-state index in [2.05, 4.69) is 53.6 Å². The summed E-state index contributed by atoms with van der Waals surface area (Å²) in [6, 6.07) is 12.9. The van der Waals surface area contributed by atoms with Gasteiger partial charge in [0.05, 0.1) is 178 Å². The Kier molecular flexibility index (Phi) is 42.3. The Bertz CT molecular complexity index is 4590. The minimum atomic E-state index is -4.16. The quantitative estimate of drug-likeness (QED) is 0.0191. The van der Waals surface area contributed by atoms with E-state index in [-0.39, 0.29) is 187 Å². The Balaban J connectivity index is 0.649. The third-order valence-electron chi connectivity index (χ3n) is 26.5. The van der Waals surface area contributed by atoms with Crippen molar-refractivity contribution in [3.8, 4) is 0 Å². The molecule has 0 spiro atoms. The van der Waals surface area contributed by atoms with Crippen LogP contribution in [0.25, 0.3) is 11.4 Å². The third-order valence-corrected chi connectivity index (χ3v) is 27.2. The van der Waals surface area contributed by atoms with Crippen LogP contribution < -0.4 is 64.3 Å². The highest BCUT2D eigenvalue weighted by molar-refractivity contribution is 7.85. The molecular formula is C94H141F2N13O25S.